The maximum atomic E-state index is 12.1. The van der Waals surface area contributed by atoms with Crippen LogP contribution in [0.1, 0.15) is 74.1 Å². The summed E-state index contributed by atoms with van der Waals surface area (Å²) in [5.41, 5.74) is 5.65. The summed E-state index contributed by atoms with van der Waals surface area (Å²) in [4.78, 5) is 28.6. The molecule has 0 amide bonds. The van der Waals surface area contributed by atoms with Crippen LogP contribution in [-0.2, 0) is 22.5 Å². The summed E-state index contributed by atoms with van der Waals surface area (Å²) < 4.78 is 10.4. The van der Waals surface area contributed by atoms with Gasteiger partial charge in [0.05, 0.1) is 23.3 Å². The highest BCUT2D eigenvalue weighted by Crippen LogP contribution is 2.35. The van der Waals surface area contributed by atoms with Gasteiger partial charge in [-0.2, -0.15) is 0 Å². The highest BCUT2D eigenvalue weighted by molar-refractivity contribution is 5.94. The van der Waals surface area contributed by atoms with Crippen molar-refractivity contribution in [3.05, 3.63) is 69.3 Å². The average Bonchev–Trinajstić information content (AvgIpc) is 3.53. The summed E-state index contributed by atoms with van der Waals surface area (Å²) in [7, 11) is 0. The number of aliphatic hydroxyl groups excluding tert-OH is 2. The first-order valence-corrected chi connectivity index (χ1v) is 12.8. The monoisotopic (exact) mass is 492 g/mol. The number of piperazine rings is 1. The molecular weight excluding hydrogens is 460 g/mol. The van der Waals surface area contributed by atoms with E-state index in [0.717, 1.165) is 47.3 Å². The summed E-state index contributed by atoms with van der Waals surface area (Å²) in [6, 6.07) is 9.85. The predicted octanol–water partition coefficient (Wildman–Crippen LogP) is 2.29. The number of rotatable bonds is 6. The molecule has 0 aromatic heterocycles. The molecule has 1 unspecified atom stereocenters. The van der Waals surface area contributed by atoms with Crippen molar-refractivity contribution in [2.75, 3.05) is 26.2 Å². The fourth-order valence-electron chi connectivity index (χ4n) is 6.44. The van der Waals surface area contributed by atoms with Gasteiger partial charge < -0.3 is 19.7 Å². The van der Waals surface area contributed by atoms with E-state index in [1.165, 1.54) is 0 Å². The van der Waals surface area contributed by atoms with Crippen LogP contribution in [-0.4, -0.2) is 76.3 Å². The molecule has 0 saturated carbocycles. The predicted molar refractivity (Wildman–Crippen MR) is 131 cm³/mol. The largest absolute Gasteiger partial charge is 0.459 e. The third kappa shape index (κ3) is 4.02. The van der Waals surface area contributed by atoms with E-state index in [4.69, 9.17) is 9.47 Å². The zero-order valence-corrected chi connectivity index (χ0v) is 20.6. The maximum absolute atomic E-state index is 12.1. The van der Waals surface area contributed by atoms with E-state index in [-0.39, 0.29) is 24.6 Å². The number of nitrogens with zero attached hydrogens (tertiary/aromatic N) is 2. The number of ether oxygens (including phenoxy) is 2. The number of fused-ring (bicyclic) bond motifs is 4. The zero-order valence-electron chi connectivity index (χ0n) is 20.6. The second-order valence-electron chi connectivity index (χ2n) is 10.7. The second kappa shape index (κ2) is 8.95. The first kappa shape index (κ1) is 23.6. The number of esters is 2. The molecule has 6 rings (SSSR count). The van der Waals surface area contributed by atoms with Crippen molar-refractivity contribution in [2.24, 2.45) is 0 Å². The number of carbonyl (C=O) groups excluding carboxylic acids is 2. The fourth-order valence-corrected chi connectivity index (χ4v) is 6.44. The van der Waals surface area contributed by atoms with Crippen LogP contribution in [0.15, 0.2) is 30.3 Å². The Balaban J connectivity index is 1.07. The highest BCUT2D eigenvalue weighted by atomic mass is 16.5. The number of β-amino-alcohol motifs (C(OH)–C–C–N with tert-alkyl or cyclic N) is 2. The van der Waals surface area contributed by atoms with E-state index in [9.17, 15) is 19.8 Å². The average molecular weight is 493 g/mol. The van der Waals surface area contributed by atoms with Crippen molar-refractivity contribution >= 4 is 11.9 Å². The Morgan fingerprint density at radius 2 is 1.67 bits per heavy atom. The second-order valence-corrected chi connectivity index (χ2v) is 10.7. The Kier molecular flexibility index (Phi) is 5.87. The number of aliphatic hydroxyl groups is 2. The van der Waals surface area contributed by atoms with Crippen LogP contribution in [0.3, 0.4) is 0 Å². The molecule has 8 heteroatoms. The number of carbonyl (C=O) groups is 2. The fraction of sp³-hybridized carbons (Fsp3) is 0.500. The van der Waals surface area contributed by atoms with Crippen molar-refractivity contribution in [2.45, 2.75) is 63.7 Å². The number of cyclic esters (lactones) is 2. The Bertz CT molecular complexity index is 1230. The molecule has 36 heavy (non-hydrogen) atoms. The van der Waals surface area contributed by atoms with Crippen LogP contribution >= 0.6 is 0 Å². The molecule has 4 aliphatic rings. The molecule has 0 aliphatic carbocycles. The smallest absolute Gasteiger partial charge is 0.338 e. The molecular formula is C28H32N2O6. The molecule has 5 atom stereocenters. The molecule has 2 bridgehead atoms. The highest BCUT2D eigenvalue weighted by Gasteiger charge is 2.44. The maximum Gasteiger partial charge on any atom is 0.338 e. The molecule has 2 aromatic carbocycles. The number of benzene rings is 2. The molecule has 0 spiro atoms. The van der Waals surface area contributed by atoms with Gasteiger partial charge in [-0.15, -0.1) is 0 Å². The van der Waals surface area contributed by atoms with Gasteiger partial charge in [0, 0.05) is 50.2 Å². The van der Waals surface area contributed by atoms with E-state index in [1.54, 1.807) is 12.1 Å². The molecule has 4 heterocycles. The van der Waals surface area contributed by atoms with Crippen LogP contribution in [0.25, 0.3) is 0 Å². The lowest BCUT2D eigenvalue weighted by Crippen LogP contribution is -2.48. The summed E-state index contributed by atoms with van der Waals surface area (Å²) in [5.74, 6) is -0.582. The molecule has 0 radical (unpaired) electrons. The van der Waals surface area contributed by atoms with Gasteiger partial charge in [0.25, 0.3) is 0 Å². The van der Waals surface area contributed by atoms with E-state index in [0.29, 0.717) is 42.7 Å². The molecule has 4 aliphatic heterocycles. The summed E-state index contributed by atoms with van der Waals surface area (Å²) in [5, 5.41) is 22.0. The summed E-state index contributed by atoms with van der Waals surface area (Å²) >= 11 is 0. The van der Waals surface area contributed by atoms with Gasteiger partial charge in [0.2, 0.25) is 0 Å². The lowest BCUT2D eigenvalue weighted by Gasteiger charge is -2.36. The first-order valence-electron chi connectivity index (χ1n) is 12.8. The van der Waals surface area contributed by atoms with Crippen LogP contribution < -0.4 is 0 Å². The van der Waals surface area contributed by atoms with Crippen molar-refractivity contribution in [3.63, 3.8) is 0 Å². The quantitative estimate of drug-likeness (QED) is 0.593. The van der Waals surface area contributed by atoms with Gasteiger partial charge in [-0.3, -0.25) is 9.80 Å². The molecule has 190 valence electrons. The summed E-state index contributed by atoms with van der Waals surface area (Å²) in [6.07, 6.45) is 0.290. The normalized spacial score (nSPS) is 26.9. The molecule has 2 aromatic rings. The van der Waals surface area contributed by atoms with Crippen LogP contribution in [0.2, 0.25) is 0 Å². The summed E-state index contributed by atoms with van der Waals surface area (Å²) in [6.45, 7) is 6.92. The molecule has 2 N–H and O–H groups in total. The van der Waals surface area contributed by atoms with Crippen LogP contribution in [0.4, 0.5) is 0 Å². The molecule has 2 saturated heterocycles. The van der Waals surface area contributed by atoms with Gasteiger partial charge in [0.1, 0.15) is 12.7 Å². The lowest BCUT2D eigenvalue weighted by molar-refractivity contribution is 0.0299. The van der Waals surface area contributed by atoms with E-state index in [1.807, 2.05) is 32.0 Å². The Hall–Kier alpha value is -2.78. The minimum atomic E-state index is -0.631. The third-order valence-corrected chi connectivity index (χ3v) is 8.40. The van der Waals surface area contributed by atoms with Crippen LogP contribution in [0.5, 0.6) is 0 Å². The van der Waals surface area contributed by atoms with Crippen LogP contribution in [0, 0.1) is 6.92 Å². The van der Waals surface area contributed by atoms with E-state index >= 15 is 0 Å². The van der Waals surface area contributed by atoms with Gasteiger partial charge in [-0.05, 0) is 54.7 Å². The van der Waals surface area contributed by atoms with Crippen molar-refractivity contribution in [1.29, 1.82) is 0 Å². The van der Waals surface area contributed by atoms with Gasteiger partial charge in [-0.1, -0.05) is 18.2 Å². The van der Waals surface area contributed by atoms with Crippen molar-refractivity contribution in [1.82, 2.24) is 9.80 Å². The number of hydrogen-bond donors (Lipinski definition) is 2. The van der Waals surface area contributed by atoms with E-state index in [2.05, 4.69) is 9.80 Å². The first-order chi connectivity index (χ1) is 17.3. The van der Waals surface area contributed by atoms with E-state index < -0.39 is 12.2 Å². The SMILES string of the molecule is Cc1c([C@@H](O)CN2C[C@H]3C[C@@H]2CN3CC(O)c2ccc3c(c2)C[C@@H](C)OC3=O)ccc2c1COC2=O. The number of likely N-dealkylation sites (tertiary alicyclic amines) is 2. The third-order valence-electron chi connectivity index (χ3n) is 8.40. The minimum absolute atomic E-state index is 0.149. The topological polar surface area (TPSA) is 99.5 Å². The van der Waals surface area contributed by atoms with Crippen molar-refractivity contribution < 1.29 is 29.3 Å². The van der Waals surface area contributed by atoms with Gasteiger partial charge in [0.15, 0.2) is 0 Å². The standard InChI is InChI=1S/C28H32N2O6/c1-15-7-18-8-17(3-4-22(18)28(34)36-15)25(31)12-29-10-20-9-19(29)11-30(20)13-26(32)21-5-6-23-24(16(21)2)14-35-27(23)33/h3-6,8,15,19-20,25-26,31-32H,7,9-14H2,1-2H3/t15-,19-,20-,25?,26+/m1/s1. The zero-order chi connectivity index (χ0) is 25.1. The lowest BCUT2D eigenvalue weighted by atomic mass is 9.95. The Morgan fingerprint density at radius 3 is 2.39 bits per heavy atom. The van der Waals surface area contributed by atoms with Gasteiger partial charge in [-0.25, -0.2) is 9.59 Å². The number of hydrogen-bond acceptors (Lipinski definition) is 8. The minimum Gasteiger partial charge on any atom is -0.459 e. The van der Waals surface area contributed by atoms with Crippen molar-refractivity contribution in [3.8, 4) is 0 Å². The molecule has 8 nitrogen and oxygen atoms in total. The Labute approximate surface area is 210 Å². The Morgan fingerprint density at radius 1 is 0.972 bits per heavy atom. The van der Waals surface area contributed by atoms with Gasteiger partial charge >= 0.3 is 11.9 Å². The molecule has 2 fully saturated rings.